The molecule has 2 rings (SSSR count). The highest BCUT2D eigenvalue weighted by atomic mass is 35.5. The second-order valence-electron chi connectivity index (χ2n) is 5.89. The summed E-state index contributed by atoms with van der Waals surface area (Å²) in [5, 5.41) is 4.08. The molecule has 2 N–H and O–H groups in total. The zero-order chi connectivity index (χ0) is 15.5. The van der Waals surface area contributed by atoms with Gasteiger partial charge < -0.3 is 5.32 Å². The normalized spacial score (nSPS) is 18.6. The minimum Gasteiger partial charge on any atom is -0.317 e. The van der Waals surface area contributed by atoms with Gasteiger partial charge in [-0.3, -0.25) is 0 Å². The third kappa shape index (κ3) is 5.11. The number of hydrogen-bond donors (Lipinski definition) is 2. The highest BCUT2D eigenvalue weighted by molar-refractivity contribution is 7.88. The summed E-state index contributed by atoms with van der Waals surface area (Å²) >= 11 is 11.7. The number of rotatable bonds is 5. The van der Waals surface area contributed by atoms with Gasteiger partial charge in [0.05, 0.1) is 15.8 Å². The van der Waals surface area contributed by atoms with Crippen LogP contribution in [0.3, 0.4) is 0 Å². The molecule has 0 amide bonds. The molecule has 4 nitrogen and oxygen atoms in total. The molecular weight excluding hydrogens is 331 g/mol. The van der Waals surface area contributed by atoms with E-state index in [1.807, 2.05) is 0 Å². The Morgan fingerprint density at radius 1 is 1.24 bits per heavy atom. The van der Waals surface area contributed by atoms with E-state index in [4.69, 9.17) is 23.2 Å². The van der Waals surface area contributed by atoms with Gasteiger partial charge in [-0.1, -0.05) is 36.2 Å². The van der Waals surface area contributed by atoms with Crippen molar-refractivity contribution in [2.75, 3.05) is 19.6 Å². The van der Waals surface area contributed by atoms with E-state index in [1.54, 1.807) is 18.2 Å². The molecule has 1 aliphatic rings. The molecule has 0 aliphatic carbocycles. The molecule has 1 aliphatic heterocycles. The molecule has 0 bridgehead atoms. The first kappa shape index (κ1) is 17.0. The second-order valence-corrected chi connectivity index (χ2v) is 8.51. The summed E-state index contributed by atoms with van der Waals surface area (Å²) in [6, 6.07) is 4.89. The van der Waals surface area contributed by atoms with E-state index in [0.29, 0.717) is 22.2 Å². The number of sulfonamides is 1. The summed E-state index contributed by atoms with van der Waals surface area (Å²) in [5.41, 5.74) is 0.656. The van der Waals surface area contributed by atoms with Crippen LogP contribution in [0.5, 0.6) is 0 Å². The number of piperidine rings is 1. The monoisotopic (exact) mass is 350 g/mol. The van der Waals surface area contributed by atoms with Gasteiger partial charge in [-0.25, -0.2) is 13.1 Å². The van der Waals surface area contributed by atoms with Gasteiger partial charge in [-0.2, -0.15) is 0 Å². The fourth-order valence-electron chi connectivity index (χ4n) is 2.39. The lowest BCUT2D eigenvalue weighted by molar-refractivity contribution is 0.232. The molecule has 0 saturated carbocycles. The summed E-state index contributed by atoms with van der Waals surface area (Å²) in [6.45, 7) is 4.46. The number of benzene rings is 1. The average Bonchev–Trinajstić information content (AvgIpc) is 2.42. The van der Waals surface area contributed by atoms with Crippen molar-refractivity contribution in [3.05, 3.63) is 33.8 Å². The molecule has 0 aromatic heterocycles. The van der Waals surface area contributed by atoms with Crippen LogP contribution >= 0.6 is 23.2 Å². The van der Waals surface area contributed by atoms with Crippen LogP contribution in [0.25, 0.3) is 0 Å². The van der Waals surface area contributed by atoms with E-state index in [9.17, 15) is 8.42 Å². The van der Waals surface area contributed by atoms with E-state index in [2.05, 4.69) is 17.0 Å². The summed E-state index contributed by atoms with van der Waals surface area (Å²) in [4.78, 5) is 0. The standard InChI is InChI=1S/C14H20Cl2N2O2S/c1-14(4-6-17-7-5-14)10-18-21(19,20)9-11-2-3-12(15)13(16)8-11/h2-3,8,17-18H,4-7,9-10H2,1H3. The highest BCUT2D eigenvalue weighted by Gasteiger charge is 2.28. The summed E-state index contributed by atoms with van der Waals surface area (Å²) in [7, 11) is -3.37. The smallest absolute Gasteiger partial charge is 0.215 e. The van der Waals surface area contributed by atoms with Crippen molar-refractivity contribution >= 4 is 33.2 Å². The Morgan fingerprint density at radius 3 is 2.52 bits per heavy atom. The highest BCUT2D eigenvalue weighted by Crippen LogP contribution is 2.27. The molecule has 0 unspecified atom stereocenters. The Kier molecular flexibility index (Phi) is 5.54. The summed E-state index contributed by atoms with van der Waals surface area (Å²) in [5.74, 6) is -0.0851. The molecule has 1 saturated heterocycles. The van der Waals surface area contributed by atoms with Crippen molar-refractivity contribution < 1.29 is 8.42 Å². The van der Waals surface area contributed by atoms with Crippen LogP contribution in [-0.2, 0) is 15.8 Å². The Bertz CT molecular complexity index is 599. The van der Waals surface area contributed by atoms with Crippen LogP contribution in [0.2, 0.25) is 10.0 Å². The van der Waals surface area contributed by atoms with Crippen molar-refractivity contribution in [3.63, 3.8) is 0 Å². The van der Waals surface area contributed by atoms with Crippen molar-refractivity contribution in [1.29, 1.82) is 0 Å². The van der Waals surface area contributed by atoms with Crippen LogP contribution in [-0.4, -0.2) is 28.1 Å². The quantitative estimate of drug-likeness (QED) is 0.858. The average molecular weight is 351 g/mol. The summed E-state index contributed by atoms with van der Waals surface area (Å²) < 4.78 is 27.1. The predicted octanol–water partition coefficient (Wildman–Crippen LogP) is 2.80. The first-order valence-corrected chi connectivity index (χ1v) is 9.33. The third-order valence-corrected chi connectivity index (χ3v) is 5.91. The van der Waals surface area contributed by atoms with E-state index < -0.39 is 10.0 Å². The minimum absolute atomic E-state index is 0.0238. The molecule has 1 aromatic rings. The molecular formula is C14H20Cl2N2O2S. The molecule has 0 spiro atoms. The predicted molar refractivity (Wildman–Crippen MR) is 87.3 cm³/mol. The Balaban J connectivity index is 1.96. The van der Waals surface area contributed by atoms with Crippen molar-refractivity contribution in [3.8, 4) is 0 Å². The van der Waals surface area contributed by atoms with Gasteiger partial charge in [0.1, 0.15) is 0 Å². The lowest BCUT2D eigenvalue weighted by Crippen LogP contribution is -2.43. The van der Waals surface area contributed by atoms with Crippen LogP contribution in [0.1, 0.15) is 25.3 Å². The Hall–Kier alpha value is -0.330. The zero-order valence-electron chi connectivity index (χ0n) is 12.0. The topological polar surface area (TPSA) is 58.2 Å². The van der Waals surface area contributed by atoms with Gasteiger partial charge in [-0.05, 0) is 49.0 Å². The largest absolute Gasteiger partial charge is 0.317 e. The van der Waals surface area contributed by atoms with Gasteiger partial charge in [-0.15, -0.1) is 0 Å². The third-order valence-electron chi connectivity index (χ3n) is 3.87. The lowest BCUT2D eigenvalue weighted by atomic mass is 9.81. The van der Waals surface area contributed by atoms with Crippen LogP contribution in [0.4, 0.5) is 0 Å². The number of hydrogen-bond acceptors (Lipinski definition) is 3. The number of nitrogens with one attached hydrogen (secondary N) is 2. The maximum Gasteiger partial charge on any atom is 0.215 e. The second kappa shape index (κ2) is 6.84. The van der Waals surface area contributed by atoms with E-state index in [1.165, 1.54) is 0 Å². The van der Waals surface area contributed by atoms with Gasteiger partial charge >= 0.3 is 0 Å². The van der Waals surface area contributed by atoms with E-state index in [-0.39, 0.29) is 11.2 Å². The van der Waals surface area contributed by atoms with E-state index >= 15 is 0 Å². The summed E-state index contributed by atoms with van der Waals surface area (Å²) in [6.07, 6.45) is 1.95. The number of halogens is 2. The van der Waals surface area contributed by atoms with Crippen molar-refractivity contribution in [2.45, 2.75) is 25.5 Å². The van der Waals surface area contributed by atoms with Crippen LogP contribution < -0.4 is 10.0 Å². The molecule has 118 valence electrons. The van der Waals surface area contributed by atoms with Gasteiger partial charge in [0, 0.05) is 6.54 Å². The fourth-order valence-corrected chi connectivity index (χ4v) is 4.00. The molecule has 1 fully saturated rings. The lowest BCUT2D eigenvalue weighted by Gasteiger charge is -2.34. The van der Waals surface area contributed by atoms with Crippen molar-refractivity contribution in [2.24, 2.45) is 5.41 Å². The Morgan fingerprint density at radius 2 is 1.90 bits per heavy atom. The first-order valence-electron chi connectivity index (χ1n) is 6.92. The molecule has 1 heterocycles. The zero-order valence-corrected chi connectivity index (χ0v) is 14.3. The van der Waals surface area contributed by atoms with E-state index in [0.717, 1.165) is 25.9 Å². The molecule has 7 heteroatoms. The Labute approximate surface area is 136 Å². The maximum atomic E-state index is 12.2. The van der Waals surface area contributed by atoms with Gasteiger partial charge in [0.15, 0.2) is 0 Å². The minimum atomic E-state index is -3.37. The molecule has 0 atom stereocenters. The van der Waals surface area contributed by atoms with Crippen LogP contribution in [0.15, 0.2) is 18.2 Å². The van der Waals surface area contributed by atoms with Crippen molar-refractivity contribution in [1.82, 2.24) is 10.0 Å². The van der Waals surface area contributed by atoms with Crippen LogP contribution in [0, 0.1) is 5.41 Å². The molecule has 1 aromatic carbocycles. The first-order chi connectivity index (χ1) is 9.80. The molecule has 21 heavy (non-hydrogen) atoms. The maximum absolute atomic E-state index is 12.2. The van der Waals surface area contributed by atoms with Gasteiger partial charge in [0.2, 0.25) is 10.0 Å². The molecule has 0 radical (unpaired) electrons. The van der Waals surface area contributed by atoms with Gasteiger partial charge in [0.25, 0.3) is 0 Å². The fraction of sp³-hybridized carbons (Fsp3) is 0.571. The SMILES string of the molecule is CC1(CNS(=O)(=O)Cc2ccc(Cl)c(Cl)c2)CCNCC1.